The second-order valence-electron chi connectivity index (χ2n) is 12.5. The molecule has 9 heteroatoms. The molecule has 214 valence electrons. The maximum Gasteiger partial charge on any atom is 0.224 e. The Hall–Kier alpha value is -1.45. The monoisotopic (exact) mass is 541 g/mol. The number of nitrogens with zero attached hydrogens (tertiary/aromatic N) is 1. The summed E-state index contributed by atoms with van der Waals surface area (Å²) in [5, 5.41) is 21.6. The lowest BCUT2D eigenvalue weighted by Crippen LogP contribution is -2.50. The Morgan fingerprint density at radius 2 is 1.81 bits per heavy atom. The molecular formula is C28H51N3O5S. The van der Waals surface area contributed by atoms with Crippen molar-refractivity contribution in [2.24, 2.45) is 17.3 Å². The van der Waals surface area contributed by atoms with Gasteiger partial charge in [-0.3, -0.25) is 4.79 Å². The number of carbonyl (C=O) groups is 1. The highest BCUT2D eigenvalue weighted by Gasteiger charge is 2.28. The summed E-state index contributed by atoms with van der Waals surface area (Å²) < 4.78 is 30.5. The van der Waals surface area contributed by atoms with Gasteiger partial charge in [-0.15, -0.1) is 0 Å². The third-order valence-electron chi connectivity index (χ3n) is 7.16. The van der Waals surface area contributed by atoms with E-state index in [9.17, 15) is 18.3 Å². The molecule has 8 nitrogen and oxygen atoms in total. The Kier molecular flexibility index (Phi) is 12.6. The lowest BCUT2D eigenvalue weighted by Gasteiger charge is -2.29. The molecule has 1 aromatic rings. The molecule has 0 aliphatic carbocycles. The number of rotatable bonds is 6. The number of hydrogen-bond acceptors (Lipinski definition) is 7. The molecule has 2 heterocycles. The van der Waals surface area contributed by atoms with E-state index >= 15 is 0 Å². The topological polar surface area (TPSA) is 122 Å². The summed E-state index contributed by atoms with van der Waals surface area (Å²) in [5.41, 5.74) is 0.875. The fourth-order valence-corrected chi connectivity index (χ4v) is 6.66. The molecule has 0 radical (unpaired) electrons. The van der Waals surface area contributed by atoms with E-state index in [0.29, 0.717) is 18.8 Å². The maximum absolute atomic E-state index is 13.0. The number of carbonyl (C=O) groups excluding carboxylic acids is 1. The van der Waals surface area contributed by atoms with E-state index in [1.54, 1.807) is 6.92 Å². The van der Waals surface area contributed by atoms with Crippen LogP contribution in [0.3, 0.4) is 0 Å². The molecule has 0 saturated carbocycles. The Labute approximate surface area is 224 Å². The molecule has 0 aromatic carbocycles. The van der Waals surface area contributed by atoms with Crippen molar-refractivity contribution in [2.45, 2.75) is 118 Å². The Bertz CT molecular complexity index is 924. The van der Waals surface area contributed by atoms with E-state index in [2.05, 4.69) is 43.5 Å². The van der Waals surface area contributed by atoms with Crippen LogP contribution in [0.4, 0.5) is 0 Å². The molecule has 1 aliphatic heterocycles. The van der Waals surface area contributed by atoms with Gasteiger partial charge in [-0.2, -0.15) is 0 Å². The maximum atomic E-state index is 13.0. The Morgan fingerprint density at radius 1 is 1.16 bits per heavy atom. The van der Waals surface area contributed by atoms with Gasteiger partial charge < -0.3 is 20.3 Å². The lowest BCUT2D eigenvalue weighted by atomic mass is 9.91. The lowest BCUT2D eigenvalue weighted by molar-refractivity contribution is -0.125. The number of sulfone groups is 1. The van der Waals surface area contributed by atoms with Crippen molar-refractivity contribution in [1.82, 2.24) is 15.8 Å². The van der Waals surface area contributed by atoms with Gasteiger partial charge in [-0.05, 0) is 31.1 Å². The van der Waals surface area contributed by atoms with Crippen LogP contribution in [-0.2, 0) is 21.1 Å². The Balaban J connectivity index is 2.04. The standard InChI is InChI=1S/C28H51N3O5S/c1-20-13-11-9-7-8-10-12-14-37(34,35)19-21(2)27(33)30-25(15-20)26(32)18-29-22(3)24-16-23(36-31-24)17-28(4,5)6/h16,20-22,25-26,29,32H,7-15,17-19H2,1-6H3,(H,30,33)/t20-,21-,22+,25+,26-/m1/s1. The first-order chi connectivity index (χ1) is 17.3. The van der Waals surface area contributed by atoms with E-state index in [0.717, 1.165) is 56.4 Å². The van der Waals surface area contributed by atoms with Crippen molar-refractivity contribution >= 4 is 15.7 Å². The van der Waals surface area contributed by atoms with Crippen LogP contribution in [0.1, 0.15) is 110 Å². The highest BCUT2D eigenvalue weighted by atomic mass is 32.2. The van der Waals surface area contributed by atoms with Crippen LogP contribution in [-0.4, -0.2) is 54.8 Å². The second kappa shape index (κ2) is 14.6. The third-order valence-corrected chi connectivity index (χ3v) is 9.08. The van der Waals surface area contributed by atoms with Crippen molar-refractivity contribution in [3.8, 4) is 0 Å². The van der Waals surface area contributed by atoms with Gasteiger partial charge in [-0.25, -0.2) is 8.42 Å². The molecule has 1 saturated heterocycles. The molecule has 3 N–H and O–H groups in total. The first-order valence-corrected chi connectivity index (χ1v) is 16.0. The highest BCUT2D eigenvalue weighted by Crippen LogP contribution is 2.23. The quantitative estimate of drug-likeness (QED) is 0.482. The smallest absolute Gasteiger partial charge is 0.224 e. The van der Waals surface area contributed by atoms with Crippen LogP contribution in [0.15, 0.2) is 10.6 Å². The van der Waals surface area contributed by atoms with Crippen LogP contribution < -0.4 is 10.6 Å². The number of aliphatic hydroxyl groups excluding tert-OH is 1. The summed E-state index contributed by atoms with van der Waals surface area (Å²) in [4.78, 5) is 13.0. The van der Waals surface area contributed by atoms with E-state index in [-0.39, 0.29) is 35.4 Å². The number of aromatic nitrogens is 1. The molecule has 1 fully saturated rings. The van der Waals surface area contributed by atoms with E-state index in [4.69, 9.17) is 4.52 Å². The average Bonchev–Trinajstić information content (AvgIpc) is 3.24. The number of hydrogen-bond donors (Lipinski definition) is 3. The van der Waals surface area contributed by atoms with E-state index < -0.39 is 27.9 Å². The van der Waals surface area contributed by atoms with Gasteiger partial charge in [0.1, 0.15) is 11.5 Å². The van der Waals surface area contributed by atoms with Crippen molar-refractivity contribution in [3.63, 3.8) is 0 Å². The van der Waals surface area contributed by atoms with Gasteiger partial charge in [0.25, 0.3) is 0 Å². The minimum absolute atomic E-state index is 0.0965. The molecule has 0 unspecified atom stereocenters. The van der Waals surface area contributed by atoms with E-state index in [1.165, 1.54) is 0 Å². The molecule has 2 rings (SSSR count). The van der Waals surface area contributed by atoms with Gasteiger partial charge in [-0.1, -0.05) is 78.3 Å². The minimum Gasteiger partial charge on any atom is -0.390 e. The molecule has 1 amide bonds. The zero-order chi connectivity index (χ0) is 27.6. The molecule has 1 aliphatic rings. The van der Waals surface area contributed by atoms with Crippen LogP contribution in [0.5, 0.6) is 0 Å². The summed E-state index contributed by atoms with van der Waals surface area (Å²) in [7, 11) is -3.29. The molecule has 1 aromatic heterocycles. The molecule has 0 bridgehead atoms. The summed E-state index contributed by atoms with van der Waals surface area (Å²) in [5.74, 6) is 0.165. The molecule has 37 heavy (non-hydrogen) atoms. The first kappa shape index (κ1) is 31.8. The molecule has 0 spiro atoms. The minimum atomic E-state index is -3.29. The predicted octanol–water partition coefficient (Wildman–Crippen LogP) is 4.58. The summed E-state index contributed by atoms with van der Waals surface area (Å²) in [6, 6.07) is 1.36. The van der Waals surface area contributed by atoms with Crippen molar-refractivity contribution in [2.75, 3.05) is 18.1 Å². The number of nitrogens with one attached hydrogen (secondary N) is 2. The van der Waals surface area contributed by atoms with Gasteiger partial charge in [0.15, 0.2) is 9.84 Å². The van der Waals surface area contributed by atoms with Crippen LogP contribution in [0.2, 0.25) is 0 Å². The average molecular weight is 542 g/mol. The van der Waals surface area contributed by atoms with Crippen LogP contribution in [0.25, 0.3) is 0 Å². The SMILES string of the molecule is C[C@@H]1CCCCCCCCS(=O)(=O)C[C@@H](C)C(=O)N[C@H]([C@H](O)CN[C@@H](C)c2cc(CC(C)(C)C)on2)C1. The predicted molar refractivity (Wildman–Crippen MR) is 148 cm³/mol. The Morgan fingerprint density at radius 3 is 2.49 bits per heavy atom. The van der Waals surface area contributed by atoms with Gasteiger partial charge in [0.05, 0.1) is 29.7 Å². The number of aliphatic hydroxyl groups is 1. The summed E-state index contributed by atoms with van der Waals surface area (Å²) in [6.07, 6.45) is 7.62. The first-order valence-electron chi connectivity index (χ1n) is 14.1. The molecule has 5 atom stereocenters. The van der Waals surface area contributed by atoms with Gasteiger partial charge >= 0.3 is 0 Å². The fraction of sp³-hybridized carbons (Fsp3) is 0.857. The van der Waals surface area contributed by atoms with Crippen LogP contribution >= 0.6 is 0 Å². The largest absolute Gasteiger partial charge is 0.390 e. The van der Waals surface area contributed by atoms with Crippen molar-refractivity contribution < 1.29 is 22.8 Å². The molecular weight excluding hydrogens is 490 g/mol. The van der Waals surface area contributed by atoms with Gasteiger partial charge in [0, 0.05) is 24.9 Å². The zero-order valence-corrected chi connectivity index (χ0v) is 24.7. The summed E-state index contributed by atoms with van der Waals surface area (Å²) >= 11 is 0. The summed E-state index contributed by atoms with van der Waals surface area (Å²) in [6.45, 7) is 12.5. The number of amides is 1. The van der Waals surface area contributed by atoms with Crippen LogP contribution in [0, 0.1) is 17.3 Å². The van der Waals surface area contributed by atoms with Crippen molar-refractivity contribution in [3.05, 3.63) is 17.5 Å². The second-order valence-corrected chi connectivity index (χ2v) is 14.8. The normalized spacial score (nSPS) is 26.8. The highest BCUT2D eigenvalue weighted by molar-refractivity contribution is 7.91. The van der Waals surface area contributed by atoms with Gasteiger partial charge in [0.2, 0.25) is 5.91 Å². The van der Waals surface area contributed by atoms with Crippen molar-refractivity contribution in [1.29, 1.82) is 0 Å². The van der Waals surface area contributed by atoms with E-state index in [1.807, 2.05) is 13.0 Å². The third kappa shape index (κ3) is 12.3. The zero-order valence-electron chi connectivity index (χ0n) is 23.9. The fourth-order valence-electron chi connectivity index (χ4n) is 4.93.